The lowest BCUT2D eigenvalue weighted by Crippen LogP contribution is -2.25. The summed E-state index contributed by atoms with van der Waals surface area (Å²) in [4.78, 5) is 2.74. The van der Waals surface area contributed by atoms with Crippen molar-refractivity contribution < 1.29 is 8.42 Å². The Kier molecular flexibility index (Phi) is 7.24. The number of hydrogen-bond acceptors (Lipinski definition) is 4. The van der Waals surface area contributed by atoms with Crippen molar-refractivity contribution in [2.24, 2.45) is 5.73 Å². The zero-order chi connectivity index (χ0) is 15.9. The monoisotopic (exact) mass is 329 g/mol. The van der Waals surface area contributed by atoms with Gasteiger partial charge in [0.2, 0.25) is 10.0 Å². The fourth-order valence-electron chi connectivity index (χ4n) is 1.83. The third-order valence-electron chi connectivity index (χ3n) is 2.94. The van der Waals surface area contributed by atoms with Gasteiger partial charge < -0.3 is 10.6 Å². The molecule has 3 N–H and O–H groups in total. The first-order chi connectivity index (χ1) is 9.81. The second-order valence-corrected chi connectivity index (χ2v) is 7.49. The molecule has 118 valence electrons. The van der Waals surface area contributed by atoms with Gasteiger partial charge in [-0.1, -0.05) is 24.4 Å². The molecule has 21 heavy (non-hydrogen) atoms. The van der Waals surface area contributed by atoms with E-state index in [0.29, 0.717) is 18.0 Å². The Morgan fingerprint density at radius 1 is 1.24 bits per heavy atom. The maximum Gasteiger partial charge on any atom is 0.240 e. The number of nitrogens with one attached hydrogen (secondary N) is 1. The normalized spacial score (nSPS) is 11.8. The zero-order valence-electron chi connectivity index (χ0n) is 12.5. The molecule has 0 saturated heterocycles. The van der Waals surface area contributed by atoms with Crippen LogP contribution in [-0.2, 0) is 16.4 Å². The van der Waals surface area contributed by atoms with E-state index in [9.17, 15) is 8.42 Å². The zero-order valence-corrected chi connectivity index (χ0v) is 14.1. The molecule has 0 aromatic heterocycles. The lowest BCUT2D eigenvalue weighted by Gasteiger charge is -2.10. The van der Waals surface area contributed by atoms with E-state index in [4.69, 9.17) is 18.0 Å². The predicted octanol–water partition coefficient (Wildman–Crippen LogP) is 1.14. The van der Waals surface area contributed by atoms with Gasteiger partial charge in [0.1, 0.15) is 0 Å². The third-order valence-corrected chi connectivity index (χ3v) is 4.56. The molecule has 0 atom stereocenters. The third kappa shape index (κ3) is 6.99. The Balaban J connectivity index is 2.52. The van der Waals surface area contributed by atoms with Crippen molar-refractivity contribution in [3.8, 4) is 0 Å². The molecule has 0 aliphatic rings. The number of thiocarbonyl (C=S) groups is 1. The van der Waals surface area contributed by atoms with Crippen LogP contribution in [0.1, 0.15) is 18.4 Å². The number of nitrogens with zero attached hydrogens (tertiary/aromatic N) is 1. The lowest BCUT2D eigenvalue weighted by molar-refractivity contribution is 0.394. The molecule has 0 bridgehead atoms. The average Bonchev–Trinajstić information content (AvgIpc) is 2.37. The quantitative estimate of drug-likeness (QED) is 0.525. The highest BCUT2D eigenvalue weighted by atomic mass is 32.2. The minimum Gasteiger partial charge on any atom is -0.393 e. The van der Waals surface area contributed by atoms with Gasteiger partial charge in [0.05, 0.1) is 9.88 Å². The first-order valence-corrected chi connectivity index (χ1v) is 8.72. The lowest BCUT2D eigenvalue weighted by atomic mass is 10.1. The molecule has 0 aliphatic heterocycles. The standard InChI is InChI=1S/C14H23N3O2S2/c1-17(2)10-4-3-9-16-21(18,19)13-7-5-12(6-8-13)11-14(15)20/h5-8,16H,3-4,9-11H2,1-2H3,(H2,15,20). The molecule has 0 aliphatic carbocycles. The largest absolute Gasteiger partial charge is 0.393 e. The summed E-state index contributed by atoms with van der Waals surface area (Å²) in [5.74, 6) is 0. The van der Waals surface area contributed by atoms with Crippen LogP contribution in [0.25, 0.3) is 0 Å². The molecular weight excluding hydrogens is 306 g/mol. The Morgan fingerprint density at radius 3 is 2.38 bits per heavy atom. The number of unbranched alkanes of at least 4 members (excludes halogenated alkanes) is 1. The van der Waals surface area contributed by atoms with Gasteiger partial charge in [0.15, 0.2) is 0 Å². The van der Waals surface area contributed by atoms with Crippen LogP contribution in [0.15, 0.2) is 29.2 Å². The second kappa shape index (κ2) is 8.43. The van der Waals surface area contributed by atoms with E-state index in [-0.39, 0.29) is 4.90 Å². The van der Waals surface area contributed by atoms with E-state index in [1.807, 2.05) is 14.1 Å². The van der Waals surface area contributed by atoms with Crippen LogP contribution in [0.3, 0.4) is 0 Å². The fourth-order valence-corrected chi connectivity index (χ4v) is 3.07. The maximum atomic E-state index is 12.1. The van der Waals surface area contributed by atoms with Crippen molar-refractivity contribution in [1.82, 2.24) is 9.62 Å². The van der Waals surface area contributed by atoms with Crippen molar-refractivity contribution in [3.63, 3.8) is 0 Å². The van der Waals surface area contributed by atoms with Crippen molar-refractivity contribution in [2.45, 2.75) is 24.2 Å². The number of sulfonamides is 1. The van der Waals surface area contributed by atoms with Crippen LogP contribution in [-0.4, -0.2) is 45.5 Å². The molecule has 7 heteroatoms. The summed E-state index contributed by atoms with van der Waals surface area (Å²) in [6.45, 7) is 1.40. The molecular formula is C14H23N3O2S2. The SMILES string of the molecule is CN(C)CCCCNS(=O)(=O)c1ccc(CC(N)=S)cc1. The van der Waals surface area contributed by atoms with E-state index >= 15 is 0 Å². The Labute approximate surface area is 132 Å². The second-order valence-electron chi connectivity index (χ2n) is 5.20. The molecule has 0 heterocycles. The van der Waals surface area contributed by atoms with Crippen LogP contribution in [0, 0.1) is 0 Å². The van der Waals surface area contributed by atoms with Gasteiger partial charge in [-0.15, -0.1) is 0 Å². The minimum absolute atomic E-state index is 0.266. The molecule has 0 amide bonds. The van der Waals surface area contributed by atoms with Crippen LogP contribution < -0.4 is 10.5 Å². The first-order valence-electron chi connectivity index (χ1n) is 6.83. The van der Waals surface area contributed by atoms with E-state index in [1.165, 1.54) is 0 Å². The molecule has 1 aromatic carbocycles. The highest BCUT2D eigenvalue weighted by molar-refractivity contribution is 7.89. The summed E-state index contributed by atoms with van der Waals surface area (Å²) >= 11 is 4.83. The smallest absolute Gasteiger partial charge is 0.240 e. The summed E-state index contributed by atoms with van der Waals surface area (Å²) in [5.41, 5.74) is 6.37. The van der Waals surface area contributed by atoms with Crippen LogP contribution in [0.5, 0.6) is 0 Å². The van der Waals surface area contributed by atoms with Gasteiger partial charge in [-0.3, -0.25) is 0 Å². The fraction of sp³-hybridized carbons (Fsp3) is 0.500. The highest BCUT2D eigenvalue weighted by Gasteiger charge is 2.12. The summed E-state index contributed by atoms with van der Waals surface area (Å²) < 4.78 is 26.8. The Bertz CT molecular complexity index is 554. The summed E-state index contributed by atoms with van der Waals surface area (Å²) in [7, 11) is 0.564. The molecule has 1 rings (SSSR count). The van der Waals surface area contributed by atoms with Gasteiger partial charge in [-0.2, -0.15) is 0 Å². The molecule has 1 aromatic rings. The van der Waals surface area contributed by atoms with Gasteiger partial charge in [-0.25, -0.2) is 13.1 Å². The predicted molar refractivity (Wildman–Crippen MR) is 89.9 cm³/mol. The number of hydrogen-bond donors (Lipinski definition) is 2. The molecule has 5 nitrogen and oxygen atoms in total. The van der Waals surface area contributed by atoms with Crippen LogP contribution in [0.4, 0.5) is 0 Å². The van der Waals surface area contributed by atoms with Crippen LogP contribution in [0.2, 0.25) is 0 Å². The average molecular weight is 329 g/mol. The molecule has 0 spiro atoms. The molecule has 0 saturated carbocycles. The number of benzene rings is 1. The van der Waals surface area contributed by atoms with E-state index < -0.39 is 10.0 Å². The maximum absolute atomic E-state index is 12.1. The molecule has 0 fully saturated rings. The summed E-state index contributed by atoms with van der Waals surface area (Å²) in [6.07, 6.45) is 2.26. The Hall–Kier alpha value is -1.02. The highest BCUT2D eigenvalue weighted by Crippen LogP contribution is 2.11. The summed E-state index contributed by atoms with van der Waals surface area (Å²) in [6, 6.07) is 6.63. The summed E-state index contributed by atoms with van der Waals surface area (Å²) in [5, 5.41) is 0. The van der Waals surface area contributed by atoms with Gasteiger partial charge in [-0.05, 0) is 51.2 Å². The van der Waals surface area contributed by atoms with E-state index in [2.05, 4.69) is 9.62 Å². The van der Waals surface area contributed by atoms with Crippen molar-refractivity contribution in [2.75, 3.05) is 27.2 Å². The van der Waals surface area contributed by atoms with Gasteiger partial charge in [0, 0.05) is 13.0 Å². The molecule has 0 radical (unpaired) electrons. The molecule has 0 unspecified atom stereocenters. The van der Waals surface area contributed by atoms with Crippen molar-refractivity contribution in [3.05, 3.63) is 29.8 Å². The first kappa shape index (κ1) is 18.0. The van der Waals surface area contributed by atoms with E-state index in [1.54, 1.807) is 24.3 Å². The van der Waals surface area contributed by atoms with Crippen molar-refractivity contribution in [1.29, 1.82) is 0 Å². The van der Waals surface area contributed by atoms with Gasteiger partial charge >= 0.3 is 0 Å². The van der Waals surface area contributed by atoms with Crippen LogP contribution >= 0.6 is 12.2 Å². The number of rotatable bonds is 9. The van der Waals surface area contributed by atoms with Gasteiger partial charge in [0.25, 0.3) is 0 Å². The Morgan fingerprint density at radius 2 is 1.86 bits per heavy atom. The van der Waals surface area contributed by atoms with E-state index in [0.717, 1.165) is 24.9 Å². The topological polar surface area (TPSA) is 75.4 Å². The minimum atomic E-state index is -3.43. The number of nitrogens with two attached hydrogens (primary N) is 1. The van der Waals surface area contributed by atoms with Crippen molar-refractivity contribution >= 4 is 27.2 Å².